The second-order valence-electron chi connectivity index (χ2n) is 4.55. The minimum Gasteiger partial charge on any atom is -0.468 e. The molecule has 1 aliphatic carbocycles. The van der Waals surface area contributed by atoms with Crippen LogP contribution in [-0.4, -0.2) is 37.1 Å². The Hall–Kier alpha value is -0.570. The van der Waals surface area contributed by atoms with Crippen LogP contribution in [-0.2, 0) is 9.53 Å². The summed E-state index contributed by atoms with van der Waals surface area (Å²) in [6.07, 6.45) is 6.22. The summed E-state index contributed by atoms with van der Waals surface area (Å²) in [5, 5.41) is 0. The Balaban J connectivity index is 2.06. The quantitative estimate of drug-likeness (QED) is 0.595. The van der Waals surface area contributed by atoms with Crippen molar-refractivity contribution < 1.29 is 9.53 Å². The number of hydrogen-bond acceptors (Lipinski definition) is 3. The fourth-order valence-corrected chi connectivity index (χ4v) is 3.08. The van der Waals surface area contributed by atoms with Gasteiger partial charge in [0.1, 0.15) is 6.04 Å². The summed E-state index contributed by atoms with van der Waals surface area (Å²) in [6.45, 7) is 0. The van der Waals surface area contributed by atoms with E-state index in [1.54, 1.807) is 0 Å². The fourth-order valence-electron chi connectivity index (χ4n) is 3.08. The van der Waals surface area contributed by atoms with Gasteiger partial charge in [0.15, 0.2) is 0 Å². The van der Waals surface area contributed by atoms with Gasteiger partial charge in [0.2, 0.25) is 0 Å². The number of ether oxygens (including phenoxy) is 1. The van der Waals surface area contributed by atoms with Crippen LogP contribution >= 0.6 is 0 Å². The monoisotopic (exact) mass is 197 g/mol. The van der Waals surface area contributed by atoms with Gasteiger partial charge in [0.25, 0.3) is 0 Å². The first-order valence-electron chi connectivity index (χ1n) is 5.54. The Morgan fingerprint density at radius 3 is 2.71 bits per heavy atom. The van der Waals surface area contributed by atoms with Gasteiger partial charge in [-0.2, -0.15) is 0 Å². The number of esters is 1. The molecule has 2 fully saturated rings. The Labute approximate surface area is 85.4 Å². The number of fused-ring (bicyclic) bond motifs is 1. The lowest BCUT2D eigenvalue weighted by molar-refractivity contribution is -0.145. The third-order valence-electron chi connectivity index (χ3n) is 3.88. The van der Waals surface area contributed by atoms with E-state index in [0.717, 1.165) is 12.3 Å². The van der Waals surface area contributed by atoms with Crippen LogP contribution in [0.15, 0.2) is 0 Å². The molecular formula is C11H19NO2. The van der Waals surface area contributed by atoms with Gasteiger partial charge in [-0.3, -0.25) is 9.69 Å². The number of carbonyl (C=O) groups excluding carboxylic acids is 1. The van der Waals surface area contributed by atoms with Gasteiger partial charge in [-0.05, 0) is 32.2 Å². The van der Waals surface area contributed by atoms with Gasteiger partial charge in [0, 0.05) is 6.04 Å². The van der Waals surface area contributed by atoms with E-state index in [1.807, 2.05) is 0 Å². The van der Waals surface area contributed by atoms with Crippen molar-refractivity contribution >= 4 is 5.97 Å². The number of nitrogens with zero attached hydrogens (tertiary/aromatic N) is 1. The summed E-state index contributed by atoms with van der Waals surface area (Å²) in [4.78, 5) is 13.7. The predicted molar refractivity (Wildman–Crippen MR) is 53.9 cm³/mol. The smallest absolute Gasteiger partial charge is 0.323 e. The van der Waals surface area contributed by atoms with Crippen molar-refractivity contribution in [3.63, 3.8) is 0 Å². The second kappa shape index (κ2) is 3.89. The molecule has 0 aromatic rings. The Bertz CT molecular complexity index is 229. The highest BCUT2D eigenvalue weighted by Crippen LogP contribution is 2.38. The SMILES string of the molecule is COC(=O)[C@@H]1C[C@@H]2CCCC[C@@H]2N1C. The van der Waals surface area contributed by atoms with Crippen LogP contribution in [0.2, 0.25) is 0 Å². The molecule has 0 spiro atoms. The molecule has 14 heavy (non-hydrogen) atoms. The van der Waals surface area contributed by atoms with E-state index < -0.39 is 0 Å². The van der Waals surface area contributed by atoms with Gasteiger partial charge in [0.05, 0.1) is 7.11 Å². The van der Waals surface area contributed by atoms with Crippen LogP contribution in [0.5, 0.6) is 0 Å². The Morgan fingerprint density at radius 2 is 2.07 bits per heavy atom. The number of rotatable bonds is 1. The molecular weight excluding hydrogens is 178 g/mol. The molecule has 2 aliphatic rings. The Kier molecular flexibility index (Phi) is 2.77. The summed E-state index contributed by atoms with van der Waals surface area (Å²) in [6, 6.07) is 0.654. The molecule has 0 N–H and O–H groups in total. The zero-order valence-electron chi connectivity index (χ0n) is 9.03. The van der Waals surface area contributed by atoms with Crippen LogP contribution in [0.3, 0.4) is 0 Å². The Morgan fingerprint density at radius 1 is 1.36 bits per heavy atom. The lowest BCUT2D eigenvalue weighted by Gasteiger charge is -2.30. The van der Waals surface area contributed by atoms with Crippen LogP contribution in [0, 0.1) is 5.92 Å². The summed E-state index contributed by atoms with van der Waals surface area (Å²) >= 11 is 0. The van der Waals surface area contributed by atoms with Crippen molar-refractivity contribution in [2.45, 2.75) is 44.2 Å². The molecule has 1 aliphatic heterocycles. The minimum atomic E-state index is -0.0538. The third-order valence-corrected chi connectivity index (χ3v) is 3.88. The van der Waals surface area contributed by atoms with Gasteiger partial charge in [-0.25, -0.2) is 0 Å². The highest BCUT2D eigenvalue weighted by atomic mass is 16.5. The molecule has 1 saturated carbocycles. The van der Waals surface area contributed by atoms with E-state index >= 15 is 0 Å². The molecule has 80 valence electrons. The van der Waals surface area contributed by atoms with Crippen LogP contribution in [0.25, 0.3) is 0 Å². The largest absolute Gasteiger partial charge is 0.468 e. The lowest BCUT2D eigenvalue weighted by Crippen LogP contribution is -2.39. The molecule has 0 aromatic carbocycles. The molecule has 0 aromatic heterocycles. The van der Waals surface area contributed by atoms with E-state index in [4.69, 9.17) is 4.74 Å². The molecule has 3 nitrogen and oxygen atoms in total. The van der Waals surface area contributed by atoms with E-state index in [2.05, 4.69) is 11.9 Å². The van der Waals surface area contributed by atoms with Crippen molar-refractivity contribution in [1.82, 2.24) is 4.90 Å². The summed E-state index contributed by atoms with van der Waals surface area (Å²) < 4.78 is 4.83. The maximum Gasteiger partial charge on any atom is 0.323 e. The lowest BCUT2D eigenvalue weighted by atomic mass is 9.85. The highest BCUT2D eigenvalue weighted by Gasteiger charge is 2.43. The first-order valence-corrected chi connectivity index (χ1v) is 5.54. The average molecular weight is 197 g/mol. The molecule has 3 atom stereocenters. The number of likely N-dealkylation sites (N-methyl/N-ethyl adjacent to an activating group) is 1. The van der Waals surface area contributed by atoms with Crippen LogP contribution in [0.4, 0.5) is 0 Å². The van der Waals surface area contributed by atoms with E-state index in [1.165, 1.54) is 32.8 Å². The number of carbonyl (C=O) groups is 1. The normalized spacial score (nSPS) is 38.0. The predicted octanol–water partition coefficient (Wildman–Crippen LogP) is 1.42. The maximum atomic E-state index is 11.5. The van der Waals surface area contributed by atoms with Crippen molar-refractivity contribution in [1.29, 1.82) is 0 Å². The van der Waals surface area contributed by atoms with E-state index in [-0.39, 0.29) is 12.0 Å². The highest BCUT2D eigenvalue weighted by molar-refractivity contribution is 5.76. The number of methoxy groups -OCH3 is 1. The minimum absolute atomic E-state index is 0.0214. The molecule has 1 saturated heterocycles. The summed E-state index contributed by atoms with van der Waals surface area (Å²) in [5.41, 5.74) is 0. The first-order chi connectivity index (χ1) is 6.74. The average Bonchev–Trinajstić information content (AvgIpc) is 2.56. The number of hydrogen-bond donors (Lipinski definition) is 0. The molecule has 0 radical (unpaired) electrons. The molecule has 0 unspecified atom stereocenters. The van der Waals surface area contributed by atoms with Crippen molar-refractivity contribution in [2.75, 3.05) is 14.2 Å². The van der Waals surface area contributed by atoms with Crippen LogP contribution < -0.4 is 0 Å². The first kappa shape index (κ1) is 9.97. The fraction of sp³-hybridized carbons (Fsp3) is 0.909. The van der Waals surface area contributed by atoms with Crippen molar-refractivity contribution in [3.05, 3.63) is 0 Å². The van der Waals surface area contributed by atoms with Crippen molar-refractivity contribution in [2.24, 2.45) is 5.92 Å². The molecule has 0 bridgehead atoms. The zero-order chi connectivity index (χ0) is 10.1. The second-order valence-corrected chi connectivity index (χ2v) is 4.55. The molecule has 3 heteroatoms. The van der Waals surface area contributed by atoms with Gasteiger partial charge in [-0.1, -0.05) is 12.8 Å². The maximum absolute atomic E-state index is 11.5. The summed E-state index contributed by atoms with van der Waals surface area (Å²) in [5.74, 6) is 0.680. The van der Waals surface area contributed by atoms with Crippen molar-refractivity contribution in [3.8, 4) is 0 Å². The van der Waals surface area contributed by atoms with Gasteiger partial charge < -0.3 is 4.74 Å². The zero-order valence-corrected chi connectivity index (χ0v) is 9.03. The van der Waals surface area contributed by atoms with E-state index in [9.17, 15) is 4.79 Å². The third kappa shape index (κ3) is 1.54. The van der Waals surface area contributed by atoms with E-state index in [0.29, 0.717) is 6.04 Å². The standard InChI is InChI=1S/C11H19NO2/c1-12-9-6-4-3-5-8(9)7-10(12)11(13)14-2/h8-10H,3-7H2,1-2H3/t8-,9-,10-/m0/s1. The molecule has 1 heterocycles. The number of likely N-dealkylation sites (tertiary alicyclic amines) is 1. The topological polar surface area (TPSA) is 29.5 Å². The van der Waals surface area contributed by atoms with Gasteiger partial charge in [-0.15, -0.1) is 0 Å². The molecule has 0 amide bonds. The summed E-state index contributed by atoms with van der Waals surface area (Å²) in [7, 11) is 3.55. The van der Waals surface area contributed by atoms with Gasteiger partial charge >= 0.3 is 5.97 Å². The molecule has 2 rings (SSSR count). The van der Waals surface area contributed by atoms with Crippen LogP contribution in [0.1, 0.15) is 32.1 Å².